The van der Waals surface area contributed by atoms with E-state index in [4.69, 9.17) is 4.74 Å². The predicted molar refractivity (Wildman–Crippen MR) is 89.5 cm³/mol. The standard InChI is InChI=1S/C15H24N4O2S/c1-3-22-14-5-4-13(11-16-14)18-15(20)17-10-12(2)19-6-8-21-9-7-19/h4-5,11-12H,3,6-10H2,1-2H3,(H2,17,18,20)/t12-/m0/s1. The molecule has 0 saturated carbocycles. The van der Waals surface area contributed by atoms with E-state index in [2.05, 4.69) is 34.4 Å². The number of carbonyl (C=O) groups excluding carboxylic acids is 1. The molecule has 2 amide bonds. The maximum Gasteiger partial charge on any atom is 0.319 e. The summed E-state index contributed by atoms with van der Waals surface area (Å²) in [5.74, 6) is 0.986. The molecule has 2 N–H and O–H groups in total. The zero-order chi connectivity index (χ0) is 15.8. The van der Waals surface area contributed by atoms with Crippen molar-refractivity contribution in [1.82, 2.24) is 15.2 Å². The molecule has 1 saturated heterocycles. The second-order valence-corrected chi connectivity index (χ2v) is 6.43. The number of nitrogens with zero attached hydrogens (tertiary/aromatic N) is 2. The highest BCUT2D eigenvalue weighted by molar-refractivity contribution is 7.99. The van der Waals surface area contributed by atoms with Crippen molar-refractivity contribution < 1.29 is 9.53 Å². The highest BCUT2D eigenvalue weighted by Crippen LogP contribution is 2.16. The lowest BCUT2D eigenvalue weighted by molar-refractivity contribution is 0.0209. The molecule has 7 heteroatoms. The van der Waals surface area contributed by atoms with Crippen LogP contribution in [0, 0.1) is 0 Å². The van der Waals surface area contributed by atoms with Crippen LogP contribution in [-0.4, -0.2) is 60.6 Å². The zero-order valence-electron chi connectivity index (χ0n) is 13.2. The predicted octanol–water partition coefficient (Wildman–Crippen LogP) is 2.04. The van der Waals surface area contributed by atoms with Gasteiger partial charge in [0.1, 0.15) is 0 Å². The van der Waals surface area contributed by atoms with E-state index in [1.54, 1.807) is 18.0 Å². The minimum absolute atomic E-state index is 0.196. The molecule has 0 aromatic carbocycles. The average molecular weight is 324 g/mol. The number of pyridine rings is 1. The number of morpholine rings is 1. The van der Waals surface area contributed by atoms with Gasteiger partial charge in [0.05, 0.1) is 30.1 Å². The van der Waals surface area contributed by atoms with Gasteiger partial charge in [0.2, 0.25) is 0 Å². The van der Waals surface area contributed by atoms with Gasteiger partial charge in [-0.3, -0.25) is 4.90 Å². The second-order valence-electron chi connectivity index (χ2n) is 5.15. The number of carbonyl (C=O) groups is 1. The number of ether oxygens (including phenoxy) is 1. The van der Waals surface area contributed by atoms with E-state index in [0.717, 1.165) is 37.1 Å². The summed E-state index contributed by atoms with van der Waals surface area (Å²) in [6.45, 7) is 8.19. The van der Waals surface area contributed by atoms with E-state index in [1.165, 1.54) is 0 Å². The Morgan fingerprint density at radius 3 is 2.86 bits per heavy atom. The van der Waals surface area contributed by atoms with Gasteiger partial charge in [0.25, 0.3) is 0 Å². The van der Waals surface area contributed by atoms with Crippen molar-refractivity contribution in [2.75, 3.05) is 43.9 Å². The molecule has 1 aromatic heterocycles. The Bertz CT molecular complexity index is 463. The van der Waals surface area contributed by atoms with Gasteiger partial charge in [0.15, 0.2) is 0 Å². The number of amides is 2. The van der Waals surface area contributed by atoms with Crippen molar-refractivity contribution in [1.29, 1.82) is 0 Å². The summed E-state index contributed by atoms with van der Waals surface area (Å²) in [6, 6.07) is 3.89. The summed E-state index contributed by atoms with van der Waals surface area (Å²) in [7, 11) is 0. The molecule has 0 unspecified atom stereocenters. The molecule has 122 valence electrons. The molecular weight excluding hydrogens is 300 g/mol. The van der Waals surface area contributed by atoms with Gasteiger partial charge in [0, 0.05) is 25.7 Å². The van der Waals surface area contributed by atoms with Gasteiger partial charge < -0.3 is 15.4 Å². The lowest BCUT2D eigenvalue weighted by atomic mass is 10.2. The van der Waals surface area contributed by atoms with Crippen molar-refractivity contribution in [2.24, 2.45) is 0 Å². The van der Waals surface area contributed by atoms with Gasteiger partial charge in [-0.05, 0) is 24.8 Å². The fourth-order valence-corrected chi connectivity index (χ4v) is 2.84. The van der Waals surface area contributed by atoms with Crippen LogP contribution >= 0.6 is 11.8 Å². The third-order valence-corrected chi connectivity index (χ3v) is 4.34. The molecule has 0 spiro atoms. The number of thioether (sulfide) groups is 1. The lowest BCUT2D eigenvalue weighted by Crippen LogP contribution is -2.47. The Balaban J connectivity index is 1.72. The number of aromatic nitrogens is 1. The first-order valence-electron chi connectivity index (χ1n) is 7.64. The third kappa shape index (κ3) is 5.47. The van der Waals surface area contributed by atoms with E-state index in [9.17, 15) is 4.79 Å². The van der Waals surface area contributed by atoms with E-state index < -0.39 is 0 Å². The second kappa shape index (κ2) is 8.97. The Morgan fingerprint density at radius 2 is 2.23 bits per heavy atom. The maximum atomic E-state index is 11.9. The Labute approximate surface area is 136 Å². The average Bonchev–Trinajstić information content (AvgIpc) is 2.55. The number of rotatable bonds is 6. The molecule has 6 nitrogen and oxygen atoms in total. The molecule has 1 aliphatic heterocycles. The minimum Gasteiger partial charge on any atom is -0.379 e. The normalized spacial score (nSPS) is 17.0. The molecular formula is C15H24N4O2S. The first kappa shape index (κ1) is 17.1. The Kier molecular flexibility index (Phi) is 6.95. The van der Waals surface area contributed by atoms with Gasteiger partial charge in [-0.25, -0.2) is 9.78 Å². The fourth-order valence-electron chi connectivity index (χ4n) is 2.25. The summed E-state index contributed by atoms with van der Waals surface area (Å²) >= 11 is 1.68. The first-order valence-corrected chi connectivity index (χ1v) is 8.63. The quantitative estimate of drug-likeness (QED) is 0.784. The maximum absolute atomic E-state index is 11.9. The molecule has 1 aliphatic rings. The summed E-state index contributed by atoms with van der Waals surface area (Å²) in [5, 5.41) is 6.67. The summed E-state index contributed by atoms with van der Waals surface area (Å²) in [6.07, 6.45) is 1.68. The Morgan fingerprint density at radius 1 is 1.45 bits per heavy atom. The molecule has 2 heterocycles. The van der Waals surface area contributed by atoms with Crippen LogP contribution in [0.1, 0.15) is 13.8 Å². The SMILES string of the molecule is CCSc1ccc(NC(=O)NC[C@H](C)N2CCOCC2)cn1. The van der Waals surface area contributed by atoms with Crippen LogP contribution in [0.15, 0.2) is 23.4 Å². The van der Waals surface area contributed by atoms with Crippen molar-refractivity contribution >= 4 is 23.5 Å². The van der Waals surface area contributed by atoms with Gasteiger partial charge in [-0.2, -0.15) is 0 Å². The van der Waals surface area contributed by atoms with Gasteiger partial charge in [-0.1, -0.05) is 6.92 Å². The van der Waals surface area contributed by atoms with E-state index in [-0.39, 0.29) is 6.03 Å². The van der Waals surface area contributed by atoms with E-state index >= 15 is 0 Å². The number of nitrogens with one attached hydrogen (secondary N) is 2. The third-order valence-electron chi connectivity index (χ3n) is 3.51. The smallest absolute Gasteiger partial charge is 0.319 e. The number of hydrogen-bond donors (Lipinski definition) is 2. The van der Waals surface area contributed by atoms with Crippen molar-refractivity contribution in [3.8, 4) is 0 Å². The van der Waals surface area contributed by atoms with Crippen LogP contribution in [-0.2, 0) is 4.74 Å². The van der Waals surface area contributed by atoms with Crippen molar-refractivity contribution in [2.45, 2.75) is 24.9 Å². The molecule has 0 bridgehead atoms. The molecule has 1 aromatic rings. The van der Waals surface area contributed by atoms with Gasteiger partial charge in [-0.15, -0.1) is 11.8 Å². The highest BCUT2D eigenvalue weighted by atomic mass is 32.2. The molecule has 2 rings (SSSR count). The number of anilines is 1. The van der Waals surface area contributed by atoms with Crippen molar-refractivity contribution in [3.63, 3.8) is 0 Å². The fraction of sp³-hybridized carbons (Fsp3) is 0.600. The summed E-state index contributed by atoms with van der Waals surface area (Å²) in [4.78, 5) is 18.5. The van der Waals surface area contributed by atoms with Crippen LogP contribution in [0.3, 0.4) is 0 Å². The Hall–Kier alpha value is -1.31. The lowest BCUT2D eigenvalue weighted by Gasteiger charge is -2.32. The first-order chi connectivity index (χ1) is 10.7. The summed E-state index contributed by atoms with van der Waals surface area (Å²) < 4.78 is 5.33. The zero-order valence-corrected chi connectivity index (χ0v) is 14.0. The topological polar surface area (TPSA) is 66.5 Å². The van der Waals surface area contributed by atoms with Crippen molar-refractivity contribution in [3.05, 3.63) is 18.3 Å². The molecule has 1 fully saturated rings. The van der Waals surface area contributed by atoms with Crippen LogP contribution < -0.4 is 10.6 Å². The largest absolute Gasteiger partial charge is 0.379 e. The monoisotopic (exact) mass is 324 g/mol. The number of hydrogen-bond acceptors (Lipinski definition) is 5. The summed E-state index contributed by atoms with van der Waals surface area (Å²) in [5.41, 5.74) is 0.706. The molecule has 0 radical (unpaired) electrons. The highest BCUT2D eigenvalue weighted by Gasteiger charge is 2.17. The van der Waals surface area contributed by atoms with Crippen LogP contribution in [0.25, 0.3) is 0 Å². The number of urea groups is 1. The van der Waals surface area contributed by atoms with Crippen LogP contribution in [0.5, 0.6) is 0 Å². The van der Waals surface area contributed by atoms with Crippen LogP contribution in [0.4, 0.5) is 10.5 Å². The van der Waals surface area contributed by atoms with Crippen LogP contribution in [0.2, 0.25) is 0 Å². The molecule has 0 aliphatic carbocycles. The molecule has 1 atom stereocenters. The van der Waals surface area contributed by atoms with E-state index in [1.807, 2.05) is 12.1 Å². The molecule has 22 heavy (non-hydrogen) atoms. The van der Waals surface area contributed by atoms with Gasteiger partial charge >= 0.3 is 6.03 Å². The minimum atomic E-state index is -0.196. The van der Waals surface area contributed by atoms with E-state index in [0.29, 0.717) is 18.3 Å².